The number of ketones is 1. The van der Waals surface area contributed by atoms with Crippen molar-refractivity contribution in [3.05, 3.63) is 66.0 Å². The third-order valence-electron chi connectivity index (χ3n) is 6.96. The van der Waals surface area contributed by atoms with Crippen LogP contribution in [0.15, 0.2) is 54.6 Å². The molecule has 0 saturated heterocycles. The van der Waals surface area contributed by atoms with Gasteiger partial charge in [0.1, 0.15) is 18.1 Å². The molecule has 1 atom stereocenters. The molecular formula is C34H46N6O5. The van der Waals surface area contributed by atoms with Gasteiger partial charge in [0.2, 0.25) is 5.82 Å². The van der Waals surface area contributed by atoms with Crippen LogP contribution in [0.2, 0.25) is 0 Å². The maximum absolute atomic E-state index is 12.9. The Balaban J connectivity index is 1.36. The van der Waals surface area contributed by atoms with Crippen LogP contribution in [0.1, 0.15) is 78.6 Å². The Hall–Kier alpha value is -4.41. The smallest absolute Gasteiger partial charge is 0.415 e. The number of hydrogen-bond acceptors (Lipinski definition) is 9. The van der Waals surface area contributed by atoms with Crippen molar-refractivity contribution in [2.24, 2.45) is 16.7 Å². The molecule has 0 fully saturated rings. The number of ether oxygens (including phenoxy) is 2. The topological polar surface area (TPSA) is 136 Å². The normalized spacial score (nSPS) is 12.2. The number of alkyl carbamates (subject to hydrolysis) is 1. The Labute approximate surface area is 266 Å². The number of amides is 2. The van der Waals surface area contributed by atoms with Crippen molar-refractivity contribution >= 4 is 18.0 Å². The average Bonchev–Trinajstić information content (AvgIpc) is 2.99. The molecule has 242 valence electrons. The van der Waals surface area contributed by atoms with E-state index in [9.17, 15) is 14.4 Å². The molecule has 0 aliphatic heterocycles. The van der Waals surface area contributed by atoms with Crippen LogP contribution in [0.3, 0.4) is 0 Å². The van der Waals surface area contributed by atoms with Gasteiger partial charge in [-0.2, -0.15) is 0 Å². The Bertz CT molecular complexity index is 1380. The minimum Gasteiger partial charge on any atom is -0.445 e. The van der Waals surface area contributed by atoms with Crippen molar-refractivity contribution in [1.29, 1.82) is 0 Å². The second kappa shape index (κ2) is 16.1. The first kappa shape index (κ1) is 35.1. The molecule has 3 aromatic rings. The Morgan fingerprint density at radius 1 is 0.867 bits per heavy atom. The Morgan fingerprint density at radius 3 is 2.11 bits per heavy atom. The Morgan fingerprint density at radius 2 is 1.51 bits per heavy atom. The fraction of sp³-hybridized carbons (Fsp3) is 0.500. The summed E-state index contributed by atoms with van der Waals surface area (Å²) in [5, 5.41) is 19.1. The van der Waals surface area contributed by atoms with E-state index >= 15 is 0 Å². The minimum absolute atomic E-state index is 0.0146. The summed E-state index contributed by atoms with van der Waals surface area (Å²) in [6.07, 6.45) is 2.16. The Kier molecular flexibility index (Phi) is 12.5. The summed E-state index contributed by atoms with van der Waals surface area (Å²) in [5.41, 5.74) is 1.25. The first-order valence-electron chi connectivity index (χ1n) is 15.3. The van der Waals surface area contributed by atoms with E-state index in [4.69, 9.17) is 9.47 Å². The lowest BCUT2D eigenvalue weighted by atomic mass is 9.74. The SMILES string of the molecule is CN(Cc1nnc(-c2ccccc2)nn1)C(=O)Oc1ccc(COC(=O)NCCCC[C@@H](CC(C)(C)C)C(=O)C(C)(C)C)cc1. The minimum atomic E-state index is -0.596. The number of rotatable bonds is 13. The molecule has 0 spiro atoms. The monoisotopic (exact) mass is 618 g/mol. The first-order valence-corrected chi connectivity index (χ1v) is 15.3. The fourth-order valence-electron chi connectivity index (χ4n) is 4.71. The van der Waals surface area contributed by atoms with Crippen molar-refractivity contribution in [1.82, 2.24) is 30.6 Å². The van der Waals surface area contributed by atoms with E-state index in [1.165, 1.54) is 4.90 Å². The van der Waals surface area contributed by atoms with Crippen molar-refractivity contribution in [2.45, 2.75) is 80.4 Å². The van der Waals surface area contributed by atoms with E-state index in [1.807, 2.05) is 51.1 Å². The van der Waals surface area contributed by atoms with Crippen molar-refractivity contribution in [2.75, 3.05) is 13.6 Å². The molecule has 11 heteroatoms. The molecule has 45 heavy (non-hydrogen) atoms. The summed E-state index contributed by atoms with van der Waals surface area (Å²) in [6, 6.07) is 16.1. The van der Waals surface area contributed by atoms with E-state index < -0.39 is 12.2 Å². The number of hydrogen-bond donors (Lipinski definition) is 1. The largest absolute Gasteiger partial charge is 0.445 e. The molecule has 0 bridgehead atoms. The third-order valence-corrected chi connectivity index (χ3v) is 6.96. The number of nitrogens with zero attached hydrogens (tertiary/aromatic N) is 5. The van der Waals surface area contributed by atoms with E-state index in [1.54, 1.807) is 31.3 Å². The highest BCUT2D eigenvalue weighted by Crippen LogP contribution is 2.33. The molecule has 2 aromatic carbocycles. The number of nitrogens with one attached hydrogen (secondary N) is 1. The zero-order chi connectivity index (χ0) is 33.0. The van der Waals surface area contributed by atoms with Gasteiger partial charge in [-0.25, -0.2) is 9.59 Å². The van der Waals surface area contributed by atoms with Gasteiger partial charge in [0.25, 0.3) is 0 Å². The molecule has 0 saturated carbocycles. The molecular weight excluding hydrogens is 572 g/mol. The zero-order valence-electron chi connectivity index (χ0n) is 27.5. The van der Waals surface area contributed by atoms with Gasteiger partial charge < -0.3 is 19.7 Å². The predicted molar refractivity (Wildman–Crippen MR) is 171 cm³/mol. The lowest BCUT2D eigenvalue weighted by molar-refractivity contribution is -0.131. The maximum atomic E-state index is 12.9. The summed E-state index contributed by atoms with van der Waals surface area (Å²) in [6.45, 7) is 13.0. The van der Waals surface area contributed by atoms with E-state index in [0.29, 0.717) is 23.9 Å². The molecule has 0 radical (unpaired) electrons. The quantitative estimate of drug-likeness (QED) is 0.209. The maximum Gasteiger partial charge on any atom is 0.415 e. The first-order chi connectivity index (χ1) is 21.2. The number of benzene rings is 2. The van der Waals surface area contributed by atoms with Gasteiger partial charge in [0, 0.05) is 30.5 Å². The summed E-state index contributed by atoms with van der Waals surface area (Å²) >= 11 is 0. The van der Waals surface area contributed by atoms with Gasteiger partial charge in [-0.1, -0.05) is 90.4 Å². The fourth-order valence-corrected chi connectivity index (χ4v) is 4.71. The highest BCUT2D eigenvalue weighted by molar-refractivity contribution is 5.86. The number of carbonyl (C=O) groups excluding carboxylic acids is 3. The van der Waals surface area contributed by atoms with Gasteiger partial charge in [-0.15, -0.1) is 20.4 Å². The molecule has 1 aromatic heterocycles. The molecule has 1 heterocycles. The summed E-state index contributed by atoms with van der Waals surface area (Å²) < 4.78 is 10.7. The third kappa shape index (κ3) is 12.2. The van der Waals surface area contributed by atoms with E-state index in [0.717, 1.165) is 36.8 Å². The molecule has 0 unspecified atom stereocenters. The molecule has 0 aliphatic rings. The average molecular weight is 619 g/mol. The lowest BCUT2D eigenvalue weighted by Gasteiger charge is -2.30. The molecule has 1 N–H and O–H groups in total. The summed E-state index contributed by atoms with van der Waals surface area (Å²) in [4.78, 5) is 39.0. The molecule has 3 rings (SSSR count). The predicted octanol–water partition coefficient (Wildman–Crippen LogP) is 6.63. The van der Waals surface area contributed by atoms with Crippen LogP contribution in [0, 0.1) is 16.7 Å². The highest BCUT2D eigenvalue weighted by atomic mass is 16.6. The highest BCUT2D eigenvalue weighted by Gasteiger charge is 2.32. The number of unbranched alkanes of at least 4 members (excludes halogenated alkanes) is 1. The number of carbonyl (C=O) groups is 3. The molecule has 0 aliphatic carbocycles. The summed E-state index contributed by atoms with van der Waals surface area (Å²) in [7, 11) is 1.56. The van der Waals surface area contributed by atoms with Crippen LogP contribution in [-0.2, 0) is 22.7 Å². The second-order valence-corrected chi connectivity index (χ2v) is 13.4. The van der Waals surface area contributed by atoms with Gasteiger partial charge in [-0.3, -0.25) is 4.79 Å². The van der Waals surface area contributed by atoms with E-state index in [-0.39, 0.29) is 35.7 Å². The van der Waals surface area contributed by atoms with Crippen LogP contribution >= 0.6 is 0 Å². The van der Waals surface area contributed by atoms with Gasteiger partial charge in [0.15, 0.2) is 5.82 Å². The van der Waals surface area contributed by atoms with Crippen molar-refractivity contribution in [3.63, 3.8) is 0 Å². The van der Waals surface area contributed by atoms with Crippen LogP contribution in [-0.4, -0.2) is 56.9 Å². The zero-order valence-corrected chi connectivity index (χ0v) is 27.5. The molecule has 2 amide bonds. The van der Waals surface area contributed by atoms with Crippen LogP contribution < -0.4 is 10.1 Å². The second-order valence-electron chi connectivity index (χ2n) is 13.4. The van der Waals surface area contributed by atoms with Crippen LogP contribution in [0.25, 0.3) is 11.4 Å². The van der Waals surface area contributed by atoms with Crippen LogP contribution in [0.4, 0.5) is 9.59 Å². The van der Waals surface area contributed by atoms with Crippen molar-refractivity contribution < 1.29 is 23.9 Å². The van der Waals surface area contributed by atoms with Gasteiger partial charge in [0.05, 0.1) is 6.54 Å². The van der Waals surface area contributed by atoms with E-state index in [2.05, 4.69) is 46.5 Å². The number of Topliss-reactive ketones (excluding diaryl/α,β-unsaturated/α-hetero) is 1. The van der Waals surface area contributed by atoms with Gasteiger partial charge >= 0.3 is 12.2 Å². The standard InChI is InChI=1S/C34H46N6O5/c1-33(2,3)21-26(29(41)34(4,5)6)15-11-12-20-35-31(42)44-23-24-16-18-27(19-17-24)45-32(43)40(7)22-28-36-38-30(39-37-28)25-13-9-8-10-14-25/h8-10,13-14,16-19,26H,11-12,15,20-23H2,1-7H3,(H,35,42)/t26-/m0/s1. The summed E-state index contributed by atoms with van der Waals surface area (Å²) in [5.74, 6) is 1.33. The van der Waals surface area contributed by atoms with Crippen LogP contribution in [0.5, 0.6) is 5.75 Å². The van der Waals surface area contributed by atoms with Gasteiger partial charge in [-0.05, 0) is 42.4 Å². The number of aromatic nitrogens is 4. The molecule has 11 nitrogen and oxygen atoms in total. The lowest BCUT2D eigenvalue weighted by Crippen LogP contribution is -2.31. The van der Waals surface area contributed by atoms with Crippen molar-refractivity contribution in [3.8, 4) is 17.1 Å².